The summed E-state index contributed by atoms with van der Waals surface area (Å²) in [6.07, 6.45) is 7.62. The van der Waals surface area contributed by atoms with Gasteiger partial charge in [0.05, 0.1) is 5.69 Å². The second-order valence-corrected chi connectivity index (χ2v) is 7.21. The lowest BCUT2D eigenvalue weighted by atomic mass is 10.1. The molecule has 0 unspecified atom stereocenters. The van der Waals surface area contributed by atoms with Gasteiger partial charge in [-0.1, -0.05) is 37.9 Å². The van der Waals surface area contributed by atoms with Crippen LogP contribution in [0.3, 0.4) is 0 Å². The molecule has 110 valence electrons. The van der Waals surface area contributed by atoms with Crippen LogP contribution in [0.25, 0.3) is 0 Å². The Balaban J connectivity index is 2.10. The van der Waals surface area contributed by atoms with Crippen molar-refractivity contribution in [3.05, 3.63) is 24.0 Å². The first-order chi connectivity index (χ1) is 9.49. The molecule has 1 aromatic rings. The predicted molar refractivity (Wildman–Crippen MR) is 81.9 cm³/mol. The van der Waals surface area contributed by atoms with Gasteiger partial charge in [-0.25, -0.2) is 13.1 Å². The lowest BCUT2D eigenvalue weighted by Crippen LogP contribution is -2.34. The smallest absolute Gasteiger partial charge is 0.242 e. The average molecular weight is 313 g/mol. The van der Waals surface area contributed by atoms with Gasteiger partial charge in [0.15, 0.2) is 0 Å². The van der Waals surface area contributed by atoms with E-state index in [1.165, 1.54) is 31.2 Å². The molecule has 5 nitrogen and oxygen atoms in total. The van der Waals surface area contributed by atoms with Gasteiger partial charge in [0.2, 0.25) is 10.0 Å². The van der Waals surface area contributed by atoms with Crippen molar-refractivity contribution < 1.29 is 8.42 Å². The summed E-state index contributed by atoms with van der Waals surface area (Å²) in [6, 6.07) is 3.04. The first kappa shape index (κ1) is 15.3. The molecular weight excluding hydrogens is 294 g/mol. The molecule has 0 bridgehead atoms. The highest BCUT2D eigenvalue weighted by atomic mass is 32.2. The number of thiocarbonyl (C=S) groups is 1. The maximum Gasteiger partial charge on any atom is 0.242 e. The Kier molecular flexibility index (Phi) is 5.06. The van der Waals surface area contributed by atoms with E-state index in [2.05, 4.69) is 9.71 Å². The normalized spacial score (nSPS) is 17.6. The zero-order valence-corrected chi connectivity index (χ0v) is 12.8. The molecule has 20 heavy (non-hydrogen) atoms. The van der Waals surface area contributed by atoms with Gasteiger partial charge < -0.3 is 5.73 Å². The van der Waals surface area contributed by atoms with Crippen molar-refractivity contribution in [1.29, 1.82) is 0 Å². The van der Waals surface area contributed by atoms with Crippen molar-refractivity contribution in [3.8, 4) is 0 Å². The second kappa shape index (κ2) is 6.60. The van der Waals surface area contributed by atoms with Gasteiger partial charge >= 0.3 is 0 Å². The fourth-order valence-electron chi connectivity index (χ4n) is 2.37. The van der Waals surface area contributed by atoms with E-state index in [1.54, 1.807) is 0 Å². The fourth-order valence-corrected chi connectivity index (χ4v) is 3.74. The molecule has 1 aromatic heterocycles. The Hall–Kier alpha value is -1.05. The van der Waals surface area contributed by atoms with Crippen LogP contribution < -0.4 is 10.5 Å². The molecule has 0 amide bonds. The molecule has 1 saturated carbocycles. The third-order valence-electron chi connectivity index (χ3n) is 3.48. The summed E-state index contributed by atoms with van der Waals surface area (Å²) in [6.45, 7) is 0. The van der Waals surface area contributed by atoms with Crippen molar-refractivity contribution in [1.82, 2.24) is 9.71 Å². The van der Waals surface area contributed by atoms with Gasteiger partial charge in [-0.2, -0.15) is 0 Å². The van der Waals surface area contributed by atoms with E-state index in [9.17, 15) is 8.42 Å². The van der Waals surface area contributed by atoms with Crippen LogP contribution in [-0.2, 0) is 10.0 Å². The minimum atomic E-state index is -3.52. The van der Waals surface area contributed by atoms with Gasteiger partial charge in [-0.05, 0) is 25.0 Å². The first-order valence-electron chi connectivity index (χ1n) is 6.77. The Bertz CT molecular complexity index is 562. The number of aromatic nitrogens is 1. The van der Waals surface area contributed by atoms with Crippen LogP contribution in [0.5, 0.6) is 0 Å². The van der Waals surface area contributed by atoms with Crippen LogP contribution in [-0.4, -0.2) is 24.4 Å². The summed E-state index contributed by atoms with van der Waals surface area (Å²) in [5.74, 6) is 0. The largest absolute Gasteiger partial charge is 0.388 e. The molecule has 1 heterocycles. The lowest BCUT2D eigenvalue weighted by molar-refractivity contribution is 0.509. The highest BCUT2D eigenvalue weighted by Crippen LogP contribution is 2.19. The molecule has 3 N–H and O–H groups in total. The van der Waals surface area contributed by atoms with Crippen molar-refractivity contribution in [2.45, 2.75) is 49.5 Å². The van der Waals surface area contributed by atoms with Crippen molar-refractivity contribution in [3.63, 3.8) is 0 Å². The first-order valence-corrected chi connectivity index (χ1v) is 8.66. The van der Waals surface area contributed by atoms with Crippen LogP contribution in [0.15, 0.2) is 23.2 Å². The Morgan fingerprint density at radius 3 is 2.40 bits per heavy atom. The summed E-state index contributed by atoms with van der Waals surface area (Å²) in [4.78, 5) is 4.28. The highest BCUT2D eigenvalue weighted by Gasteiger charge is 2.21. The topological polar surface area (TPSA) is 85.1 Å². The lowest BCUT2D eigenvalue weighted by Gasteiger charge is -2.16. The maximum atomic E-state index is 12.3. The standard InChI is InChI=1S/C13H19N3O2S2/c14-13(19)12-8-7-11(9-15-12)20(17,18)16-10-5-3-1-2-4-6-10/h7-10,16H,1-6H2,(H2,14,19). The Morgan fingerprint density at radius 2 is 1.90 bits per heavy atom. The monoisotopic (exact) mass is 313 g/mol. The third-order valence-corrected chi connectivity index (χ3v) is 5.19. The van der Waals surface area contributed by atoms with Gasteiger partial charge in [0.25, 0.3) is 0 Å². The number of sulfonamides is 1. The molecule has 1 fully saturated rings. The maximum absolute atomic E-state index is 12.3. The van der Waals surface area contributed by atoms with Crippen molar-refractivity contribution in [2.24, 2.45) is 5.73 Å². The molecule has 7 heteroatoms. The van der Waals surface area contributed by atoms with Crippen LogP contribution in [0.4, 0.5) is 0 Å². The van der Waals surface area contributed by atoms with Crippen molar-refractivity contribution in [2.75, 3.05) is 0 Å². The van der Waals surface area contributed by atoms with Crippen molar-refractivity contribution >= 4 is 27.2 Å². The van der Waals surface area contributed by atoms with E-state index in [0.29, 0.717) is 5.69 Å². The molecule has 0 atom stereocenters. The zero-order chi connectivity index (χ0) is 14.6. The van der Waals surface area contributed by atoms with E-state index < -0.39 is 10.0 Å². The van der Waals surface area contributed by atoms with Gasteiger partial charge in [-0.3, -0.25) is 4.98 Å². The number of hydrogen-bond acceptors (Lipinski definition) is 4. The summed E-state index contributed by atoms with van der Waals surface area (Å²) in [7, 11) is -3.52. The second-order valence-electron chi connectivity index (χ2n) is 5.05. The number of pyridine rings is 1. The number of hydrogen-bond donors (Lipinski definition) is 2. The number of nitrogens with two attached hydrogens (primary N) is 1. The van der Waals surface area contributed by atoms with Gasteiger partial charge in [0, 0.05) is 12.2 Å². The zero-order valence-electron chi connectivity index (χ0n) is 11.2. The fraction of sp³-hybridized carbons (Fsp3) is 0.538. The molecule has 1 aliphatic rings. The molecule has 0 saturated heterocycles. The Morgan fingerprint density at radius 1 is 1.25 bits per heavy atom. The molecule has 1 aliphatic carbocycles. The number of rotatable bonds is 4. The summed E-state index contributed by atoms with van der Waals surface area (Å²) >= 11 is 4.79. The predicted octanol–water partition coefficient (Wildman–Crippen LogP) is 1.72. The van der Waals surface area contributed by atoms with Crippen LogP contribution >= 0.6 is 12.2 Å². The van der Waals surface area contributed by atoms with Crippen LogP contribution in [0.2, 0.25) is 0 Å². The number of nitrogens with one attached hydrogen (secondary N) is 1. The average Bonchev–Trinajstić information content (AvgIpc) is 2.67. The van der Waals surface area contributed by atoms with E-state index in [4.69, 9.17) is 18.0 Å². The van der Waals surface area contributed by atoms with Gasteiger partial charge in [0.1, 0.15) is 9.88 Å². The SMILES string of the molecule is NC(=S)c1ccc(S(=O)(=O)NC2CCCCCC2)cn1. The molecular formula is C13H19N3O2S2. The summed E-state index contributed by atoms with van der Waals surface area (Å²) in [5.41, 5.74) is 5.87. The van der Waals surface area contributed by atoms with E-state index in [0.717, 1.165) is 25.7 Å². The highest BCUT2D eigenvalue weighted by molar-refractivity contribution is 7.89. The van der Waals surface area contributed by atoms with E-state index >= 15 is 0 Å². The van der Waals surface area contributed by atoms with Crippen LogP contribution in [0.1, 0.15) is 44.2 Å². The molecule has 0 aliphatic heterocycles. The quantitative estimate of drug-likeness (QED) is 0.653. The van der Waals surface area contributed by atoms with E-state index in [-0.39, 0.29) is 15.9 Å². The summed E-state index contributed by atoms with van der Waals surface area (Å²) < 4.78 is 27.3. The molecule has 2 rings (SSSR count). The Labute approximate surface area is 125 Å². The summed E-state index contributed by atoms with van der Waals surface area (Å²) in [5, 5.41) is 0. The molecule has 0 radical (unpaired) electrons. The van der Waals surface area contributed by atoms with E-state index in [1.807, 2.05) is 0 Å². The molecule has 0 aromatic carbocycles. The molecule has 0 spiro atoms. The minimum absolute atomic E-state index is 0.0257. The van der Waals surface area contributed by atoms with Crippen LogP contribution in [0, 0.1) is 0 Å². The number of nitrogens with zero attached hydrogens (tertiary/aromatic N) is 1. The minimum Gasteiger partial charge on any atom is -0.388 e. The van der Waals surface area contributed by atoms with Gasteiger partial charge in [-0.15, -0.1) is 0 Å². The third kappa shape index (κ3) is 3.97.